The molecule has 0 aliphatic rings. The Kier molecular flexibility index (Phi) is 5.36. The van der Waals surface area contributed by atoms with Crippen molar-refractivity contribution in [2.75, 3.05) is 5.32 Å². The molecule has 6 nitrogen and oxygen atoms in total. The fourth-order valence-electron chi connectivity index (χ4n) is 2.40. The monoisotopic (exact) mass is 339 g/mol. The number of amides is 1. The Hall–Kier alpha value is -3.09. The van der Waals surface area contributed by atoms with Crippen molar-refractivity contribution in [3.8, 4) is 12.1 Å². The van der Waals surface area contributed by atoms with E-state index in [1.54, 1.807) is 31.2 Å². The topological polar surface area (TPSA) is 116 Å². The maximum absolute atomic E-state index is 11.8. The third-order valence-electron chi connectivity index (χ3n) is 3.53. The van der Waals surface area contributed by atoms with Crippen LogP contribution in [0.2, 0.25) is 5.15 Å². The van der Waals surface area contributed by atoms with E-state index in [1.165, 1.54) is 0 Å². The summed E-state index contributed by atoms with van der Waals surface area (Å²) in [7, 11) is 0. The molecule has 0 saturated heterocycles. The summed E-state index contributed by atoms with van der Waals surface area (Å²) in [6.45, 7) is 1.81. The Labute approximate surface area is 144 Å². The highest BCUT2D eigenvalue weighted by Gasteiger charge is 2.23. The number of hydrogen-bond acceptors (Lipinski definition) is 5. The molecule has 120 valence electrons. The lowest BCUT2D eigenvalue weighted by Crippen LogP contribution is -2.28. The predicted molar refractivity (Wildman–Crippen MR) is 90.1 cm³/mol. The average Bonchev–Trinajstić information content (AvgIpc) is 2.59. The number of aromatic nitrogens is 1. The largest absolute Gasteiger partial charge is 0.368 e. The van der Waals surface area contributed by atoms with E-state index in [0.29, 0.717) is 17.5 Å². The number of hydrogen-bond donors (Lipinski definition) is 2. The van der Waals surface area contributed by atoms with Gasteiger partial charge in [0.05, 0.1) is 11.1 Å². The Bertz CT molecular complexity index is 852. The van der Waals surface area contributed by atoms with E-state index < -0.39 is 11.9 Å². The number of benzene rings is 1. The lowest BCUT2D eigenvalue weighted by Gasteiger charge is -2.19. The van der Waals surface area contributed by atoms with Gasteiger partial charge in [0.15, 0.2) is 0 Å². The molecule has 3 N–H and O–H groups in total. The molecule has 0 fully saturated rings. The third kappa shape index (κ3) is 3.29. The second kappa shape index (κ2) is 7.45. The number of carbonyl (C=O) groups is 1. The zero-order valence-corrected chi connectivity index (χ0v) is 13.6. The fraction of sp³-hybridized carbons (Fsp3) is 0.176. The minimum atomic E-state index is -0.875. The number of nitriles is 2. The van der Waals surface area contributed by atoms with Crippen molar-refractivity contribution in [3.63, 3.8) is 0 Å². The SMILES string of the molecule is CCc1c(C#N)c(Cl)nc(N[C@@H](C(N)=O)c2ccccc2)c1C#N. The molecule has 0 aliphatic carbocycles. The zero-order valence-electron chi connectivity index (χ0n) is 12.9. The Morgan fingerprint density at radius 1 is 1.29 bits per heavy atom. The van der Waals surface area contributed by atoms with Crippen LogP contribution in [-0.4, -0.2) is 10.9 Å². The van der Waals surface area contributed by atoms with E-state index in [-0.39, 0.29) is 22.1 Å². The first-order valence-electron chi connectivity index (χ1n) is 7.16. The summed E-state index contributed by atoms with van der Waals surface area (Å²) in [5, 5.41) is 21.5. The average molecular weight is 340 g/mol. The summed E-state index contributed by atoms with van der Waals surface area (Å²) in [6.07, 6.45) is 0.426. The molecule has 2 aromatic rings. The number of pyridine rings is 1. The van der Waals surface area contributed by atoms with Gasteiger partial charge in [0.2, 0.25) is 5.91 Å². The summed E-state index contributed by atoms with van der Waals surface area (Å²) in [6, 6.07) is 11.9. The molecule has 0 aliphatic heterocycles. The highest BCUT2D eigenvalue weighted by Crippen LogP contribution is 2.29. The van der Waals surface area contributed by atoms with Gasteiger partial charge in [-0.15, -0.1) is 0 Å². The third-order valence-corrected chi connectivity index (χ3v) is 3.81. The van der Waals surface area contributed by atoms with Gasteiger partial charge in [-0.1, -0.05) is 48.9 Å². The first kappa shape index (κ1) is 17.3. The van der Waals surface area contributed by atoms with Gasteiger partial charge in [-0.3, -0.25) is 4.79 Å². The van der Waals surface area contributed by atoms with Gasteiger partial charge in [0.1, 0.15) is 29.2 Å². The Morgan fingerprint density at radius 2 is 1.92 bits per heavy atom. The molecule has 1 aromatic heterocycles. The molecule has 7 heteroatoms. The summed E-state index contributed by atoms with van der Waals surface area (Å²) in [4.78, 5) is 15.9. The predicted octanol–water partition coefficient (Wildman–Crippen LogP) is 2.68. The van der Waals surface area contributed by atoms with Crippen LogP contribution in [0, 0.1) is 22.7 Å². The van der Waals surface area contributed by atoms with E-state index >= 15 is 0 Å². The lowest BCUT2D eigenvalue weighted by atomic mass is 10.0. The van der Waals surface area contributed by atoms with Crippen LogP contribution < -0.4 is 11.1 Å². The van der Waals surface area contributed by atoms with Crippen LogP contribution in [0.5, 0.6) is 0 Å². The van der Waals surface area contributed by atoms with Crippen molar-refractivity contribution in [2.45, 2.75) is 19.4 Å². The molecule has 2 rings (SSSR count). The van der Waals surface area contributed by atoms with E-state index in [0.717, 1.165) is 0 Å². The van der Waals surface area contributed by atoms with Crippen LogP contribution in [0.3, 0.4) is 0 Å². The Balaban J connectivity index is 2.56. The fourth-order valence-corrected chi connectivity index (χ4v) is 2.64. The van der Waals surface area contributed by atoms with Gasteiger partial charge in [0.25, 0.3) is 0 Å². The number of nitrogens with one attached hydrogen (secondary N) is 1. The second-order valence-corrected chi connectivity index (χ2v) is 5.31. The molecule has 24 heavy (non-hydrogen) atoms. The van der Waals surface area contributed by atoms with Gasteiger partial charge in [0, 0.05) is 0 Å². The molecule has 1 aromatic carbocycles. The first-order valence-corrected chi connectivity index (χ1v) is 7.54. The highest BCUT2D eigenvalue weighted by atomic mass is 35.5. The number of halogens is 1. The summed E-state index contributed by atoms with van der Waals surface area (Å²) >= 11 is 6.05. The van der Waals surface area contributed by atoms with Crippen molar-refractivity contribution in [1.29, 1.82) is 10.5 Å². The summed E-state index contributed by atoms with van der Waals surface area (Å²) in [5.74, 6) is -0.489. The van der Waals surface area contributed by atoms with Crippen molar-refractivity contribution in [2.24, 2.45) is 5.73 Å². The van der Waals surface area contributed by atoms with E-state index in [2.05, 4.69) is 10.3 Å². The molecule has 0 spiro atoms. The molecule has 1 amide bonds. The lowest BCUT2D eigenvalue weighted by molar-refractivity contribution is -0.118. The van der Waals surface area contributed by atoms with Crippen LogP contribution in [-0.2, 0) is 11.2 Å². The quantitative estimate of drug-likeness (QED) is 0.812. The molecule has 0 radical (unpaired) electrons. The van der Waals surface area contributed by atoms with Crippen molar-refractivity contribution in [3.05, 3.63) is 57.7 Å². The van der Waals surface area contributed by atoms with Crippen LogP contribution >= 0.6 is 11.6 Å². The first-order chi connectivity index (χ1) is 11.5. The second-order valence-electron chi connectivity index (χ2n) is 4.95. The minimum Gasteiger partial charge on any atom is -0.368 e. The molecular weight excluding hydrogens is 326 g/mol. The molecule has 0 unspecified atom stereocenters. The molecular formula is C17H14ClN5O. The van der Waals surface area contributed by atoms with Crippen LogP contribution in [0.25, 0.3) is 0 Å². The highest BCUT2D eigenvalue weighted by molar-refractivity contribution is 6.30. The summed E-state index contributed by atoms with van der Waals surface area (Å²) in [5.41, 5.74) is 6.94. The van der Waals surface area contributed by atoms with Crippen LogP contribution in [0.1, 0.15) is 35.2 Å². The van der Waals surface area contributed by atoms with E-state index in [9.17, 15) is 15.3 Å². The van der Waals surface area contributed by atoms with Crippen molar-refractivity contribution in [1.82, 2.24) is 4.98 Å². The van der Waals surface area contributed by atoms with Gasteiger partial charge < -0.3 is 11.1 Å². The van der Waals surface area contributed by atoms with Gasteiger partial charge in [-0.05, 0) is 17.5 Å². The number of anilines is 1. The maximum atomic E-state index is 11.8. The number of nitrogens with zero attached hydrogens (tertiary/aromatic N) is 3. The van der Waals surface area contributed by atoms with Crippen molar-refractivity contribution < 1.29 is 4.79 Å². The number of carbonyl (C=O) groups excluding carboxylic acids is 1. The zero-order chi connectivity index (χ0) is 17.7. The normalized spacial score (nSPS) is 11.2. The molecule has 1 atom stereocenters. The minimum absolute atomic E-state index is 0.0212. The van der Waals surface area contributed by atoms with Crippen LogP contribution in [0.4, 0.5) is 5.82 Å². The van der Waals surface area contributed by atoms with Gasteiger partial charge in [-0.25, -0.2) is 4.98 Å². The summed E-state index contributed by atoms with van der Waals surface area (Å²) < 4.78 is 0. The Morgan fingerprint density at radius 3 is 2.42 bits per heavy atom. The molecule has 0 bridgehead atoms. The number of primary amides is 1. The molecule has 0 saturated carbocycles. The van der Waals surface area contributed by atoms with E-state index in [1.807, 2.05) is 18.2 Å². The van der Waals surface area contributed by atoms with Gasteiger partial charge in [-0.2, -0.15) is 10.5 Å². The number of nitrogens with two attached hydrogens (primary N) is 1. The number of rotatable bonds is 5. The van der Waals surface area contributed by atoms with E-state index in [4.69, 9.17) is 17.3 Å². The standard InChI is InChI=1S/C17H14ClN5O/c1-2-11-12(8-19)15(18)23-17(13(11)9-20)22-14(16(21)24)10-6-4-3-5-7-10/h3-7,14H,2H2,1H3,(H2,21,24)(H,22,23)/t14-/m1/s1. The van der Waals surface area contributed by atoms with Crippen molar-refractivity contribution >= 4 is 23.3 Å². The maximum Gasteiger partial charge on any atom is 0.244 e. The van der Waals surface area contributed by atoms with Crippen LogP contribution in [0.15, 0.2) is 30.3 Å². The van der Waals surface area contributed by atoms with Gasteiger partial charge >= 0.3 is 0 Å². The smallest absolute Gasteiger partial charge is 0.244 e. The molecule has 1 heterocycles.